The van der Waals surface area contributed by atoms with Gasteiger partial charge in [-0.25, -0.2) is 0 Å². The van der Waals surface area contributed by atoms with Crippen molar-refractivity contribution in [3.8, 4) is 0 Å². The van der Waals surface area contributed by atoms with Crippen LogP contribution in [-0.2, 0) is 18.9 Å². The maximum absolute atomic E-state index is 12.4. The van der Waals surface area contributed by atoms with Crippen LogP contribution in [0.15, 0.2) is 52.3 Å². The zero-order chi connectivity index (χ0) is 29.8. The number of nitrogens with zero attached hydrogens (tertiary/aromatic N) is 1. The lowest BCUT2D eigenvalue weighted by Gasteiger charge is -2.31. The summed E-state index contributed by atoms with van der Waals surface area (Å²) in [5.74, 6) is 0.175. The summed E-state index contributed by atoms with van der Waals surface area (Å²) in [5, 5.41) is 3.33. The Balaban J connectivity index is 0.000000323. The summed E-state index contributed by atoms with van der Waals surface area (Å²) in [4.78, 5) is 3.49. The SMILES string of the molecule is CC1(C)OC2CCOC(CO/C(N)=C/C=C(\N)C3CCNCC3)C2O1.CCC/C=C(/C=N/C=C(\C)N)C(F)(F)F. The molecule has 7 N–H and O–H groups in total. The number of piperidine rings is 1. The van der Waals surface area contributed by atoms with Crippen molar-refractivity contribution in [3.63, 3.8) is 0 Å². The number of hydrogen-bond donors (Lipinski definition) is 4. The fraction of sp³-hybridized carbons (Fsp3) is 0.679. The second-order valence-corrected chi connectivity index (χ2v) is 10.5. The maximum atomic E-state index is 12.4. The Morgan fingerprint density at radius 1 is 1.10 bits per heavy atom. The minimum absolute atomic E-state index is 0.0537. The van der Waals surface area contributed by atoms with Gasteiger partial charge in [0.15, 0.2) is 11.7 Å². The van der Waals surface area contributed by atoms with Gasteiger partial charge >= 0.3 is 6.18 Å². The third-order valence-electron chi connectivity index (χ3n) is 6.46. The molecule has 3 atom stereocenters. The van der Waals surface area contributed by atoms with Crippen molar-refractivity contribution in [3.05, 3.63) is 47.3 Å². The highest BCUT2D eigenvalue weighted by molar-refractivity contribution is 5.80. The van der Waals surface area contributed by atoms with Crippen molar-refractivity contribution in [1.82, 2.24) is 5.32 Å². The second kappa shape index (κ2) is 16.0. The number of nitrogens with one attached hydrogen (secondary N) is 1. The molecule has 3 saturated heterocycles. The van der Waals surface area contributed by atoms with Crippen molar-refractivity contribution in [2.24, 2.45) is 28.1 Å². The zero-order valence-corrected chi connectivity index (χ0v) is 24.0. The van der Waals surface area contributed by atoms with Gasteiger partial charge in [0.1, 0.15) is 18.8 Å². The molecule has 40 heavy (non-hydrogen) atoms. The first-order valence-electron chi connectivity index (χ1n) is 13.8. The lowest BCUT2D eigenvalue weighted by atomic mass is 9.94. The summed E-state index contributed by atoms with van der Waals surface area (Å²) in [7, 11) is 0. The quantitative estimate of drug-likeness (QED) is 0.184. The highest BCUT2D eigenvalue weighted by Crippen LogP contribution is 2.35. The minimum atomic E-state index is -4.35. The largest absolute Gasteiger partial charge is 0.476 e. The van der Waals surface area contributed by atoms with Gasteiger partial charge in [-0.15, -0.1) is 0 Å². The van der Waals surface area contributed by atoms with Crippen LogP contribution in [0.25, 0.3) is 0 Å². The fourth-order valence-corrected chi connectivity index (χ4v) is 4.45. The third kappa shape index (κ3) is 11.9. The molecule has 0 saturated carbocycles. The number of rotatable bonds is 9. The van der Waals surface area contributed by atoms with Crippen LogP contribution in [0.4, 0.5) is 13.2 Å². The highest BCUT2D eigenvalue weighted by atomic mass is 19.4. The average Bonchev–Trinajstić information content (AvgIpc) is 3.22. The number of allylic oxidation sites excluding steroid dienone is 6. The summed E-state index contributed by atoms with van der Waals surface area (Å²) < 4.78 is 60.4. The van der Waals surface area contributed by atoms with Gasteiger partial charge in [0.25, 0.3) is 0 Å². The normalized spacial score (nSPS) is 26.8. The number of alkyl halides is 3. The summed E-state index contributed by atoms with van der Waals surface area (Å²) in [6.07, 6.45) is 6.09. The van der Waals surface area contributed by atoms with Gasteiger partial charge < -0.3 is 41.5 Å². The van der Waals surface area contributed by atoms with Gasteiger partial charge in [-0.1, -0.05) is 19.4 Å². The maximum Gasteiger partial charge on any atom is 0.417 e. The summed E-state index contributed by atoms with van der Waals surface area (Å²) in [6.45, 7) is 10.2. The molecule has 0 amide bonds. The van der Waals surface area contributed by atoms with Gasteiger partial charge in [0, 0.05) is 36.3 Å². The van der Waals surface area contributed by atoms with E-state index in [4.69, 9.17) is 36.1 Å². The van der Waals surface area contributed by atoms with Crippen molar-refractivity contribution in [1.29, 1.82) is 0 Å². The predicted octanol–water partition coefficient (Wildman–Crippen LogP) is 4.12. The Morgan fingerprint density at radius 2 is 1.80 bits per heavy atom. The van der Waals surface area contributed by atoms with Crippen LogP contribution in [0.5, 0.6) is 0 Å². The molecule has 3 aliphatic heterocycles. The molecule has 3 heterocycles. The molecule has 3 fully saturated rings. The van der Waals surface area contributed by atoms with Crippen molar-refractivity contribution in [2.75, 3.05) is 26.3 Å². The van der Waals surface area contributed by atoms with E-state index in [0.717, 1.165) is 50.3 Å². The number of unbranched alkanes of at least 4 members (excludes halogenated alkanes) is 1. The van der Waals surface area contributed by atoms with Crippen LogP contribution in [0.1, 0.15) is 59.8 Å². The van der Waals surface area contributed by atoms with Crippen LogP contribution in [0.3, 0.4) is 0 Å². The number of aliphatic imine (C=N–C) groups is 1. The molecule has 0 aliphatic carbocycles. The van der Waals surface area contributed by atoms with Crippen molar-refractivity contribution >= 4 is 6.21 Å². The second-order valence-electron chi connectivity index (χ2n) is 10.5. The van der Waals surface area contributed by atoms with Crippen LogP contribution in [0, 0.1) is 5.92 Å². The van der Waals surface area contributed by atoms with Gasteiger partial charge in [-0.3, -0.25) is 4.99 Å². The summed E-state index contributed by atoms with van der Waals surface area (Å²) in [6, 6.07) is 0. The molecular weight excluding hydrogens is 527 g/mol. The van der Waals surface area contributed by atoms with E-state index in [1.54, 1.807) is 13.0 Å². The van der Waals surface area contributed by atoms with Gasteiger partial charge in [0.2, 0.25) is 0 Å². The summed E-state index contributed by atoms with van der Waals surface area (Å²) >= 11 is 0. The Kier molecular flexibility index (Phi) is 13.5. The molecule has 228 valence electrons. The van der Waals surface area contributed by atoms with E-state index in [0.29, 0.717) is 43.6 Å². The first kappa shape index (κ1) is 33.7. The third-order valence-corrected chi connectivity index (χ3v) is 6.46. The number of hydrogen-bond acceptors (Lipinski definition) is 9. The number of ether oxygens (including phenoxy) is 4. The highest BCUT2D eigenvalue weighted by Gasteiger charge is 2.47. The van der Waals surface area contributed by atoms with Crippen LogP contribution in [-0.4, -0.2) is 62.8 Å². The molecule has 9 nitrogen and oxygen atoms in total. The van der Waals surface area contributed by atoms with Gasteiger partial charge in [-0.05, 0) is 71.7 Å². The molecule has 0 aromatic heterocycles. The monoisotopic (exact) mass is 573 g/mol. The number of nitrogens with two attached hydrogens (primary N) is 3. The average molecular weight is 574 g/mol. The number of halogens is 3. The van der Waals surface area contributed by atoms with Crippen molar-refractivity contribution < 1.29 is 32.1 Å². The molecule has 3 unspecified atom stereocenters. The first-order valence-corrected chi connectivity index (χ1v) is 13.8. The van der Waals surface area contributed by atoms with E-state index >= 15 is 0 Å². The molecule has 0 radical (unpaired) electrons. The lowest BCUT2D eigenvalue weighted by molar-refractivity contribution is -0.158. The molecule has 0 bridgehead atoms. The Morgan fingerprint density at radius 3 is 2.42 bits per heavy atom. The molecule has 3 aliphatic rings. The van der Waals surface area contributed by atoms with E-state index in [1.807, 2.05) is 26.8 Å². The van der Waals surface area contributed by atoms with Crippen molar-refractivity contribution in [2.45, 2.75) is 90.1 Å². The first-order chi connectivity index (χ1) is 18.8. The predicted molar refractivity (Wildman–Crippen MR) is 150 cm³/mol. The number of fused-ring (bicyclic) bond motifs is 1. The van der Waals surface area contributed by atoms with E-state index in [9.17, 15) is 13.2 Å². The van der Waals surface area contributed by atoms with Gasteiger partial charge in [0.05, 0.1) is 11.7 Å². The molecular formula is C28H46F3N5O4. The standard InChI is InChI=1S/C18H31N3O4.C10H15F3N2/c1-18(2)24-14-7-10-22-15(17(14)25-18)11-23-16(20)4-3-13(19)12-5-8-21-9-6-12;1-3-4-5-9(10(11,12)13)7-15-6-8(2)14/h3-4,12,14-15,17,21H,5-11,19-20H2,1-2H3;5-7H,3-4,14H2,1-2H3/b13-3-,16-4+;8-6+,9-5-,15-7+. The Labute approximate surface area is 235 Å². The van der Waals surface area contributed by atoms with E-state index in [-0.39, 0.29) is 18.3 Å². The van der Waals surface area contributed by atoms with Crippen LogP contribution in [0.2, 0.25) is 0 Å². The molecule has 0 aromatic carbocycles. The summed E-state index contributed by atoms with van der Waals surface area (Å²) in [5.41, 5.74) is 17.8. The van der Waals surface area contributed by atoms with Crippen LogP contribution >= 0.6 is 0 Å². The van der Waals surface area contributed by atoms with E-state index in [2.05, 4.69) is 10.3 Å². The zero-order valence-electron chi connectivity index (χ0n) is 24.0. The minimum Gasteiger partial charge on any atom is -0.476 e. The Hall–Kier alpha value is -2.54. The van der Waals surface area contributed by atoms with E-state index in [1.165, 1.54) is 6.20 Å². The topological polar surface area (TPSA) is 139 Å². The fourth-order valence-electron chi connectivity index (χ4n) is 4.45. The smallest absolute Gasteiger partial charge is 0.417 e. The molecule has 0 aromatic rings. The van der Waals surface area contributed by atoms with Gasteiger partial charge in [-0.2, -0.15) is 13.2 Å². The Bertz CT molecular complexity index is 937. The molecule has 0 spiro atoms. The van der Waals surface area contributed by atoms with Crippen LogP contribution < -0.4 is 22.5 Å². The molecule has 12 heteroatoms. The molecule has 3 rings (SSSR count). The van der Waals surface area contributed by atoms with E-state index < -0.39 is 17.5 Å². The lowest BCUT2D eigenvalue weighted by Crippen LogP contribution is -2.45.